The fourth-order valence-electron chi connectivity index (χ4n) is 1.78. The second kappa shape index (κ2) is 5.96. The molecule has 0 saturated carbocycles. The highest BCUT2D eigenvalue weighted by Crippen LogP contribution is 2.28. The molecule has 0 aliphatic heterocycles. The highest BCUT2D eigenvalue weighted by atomic mass is 16.6. The maximum absolute atomic E-state index is 10.9. The standard InChI is InChI=1S/C13H13N3O4/c1-2-15-9-14-6-11(15)8-20-13-5-10(7-17)3-4-12(13)16(18)19/h3-7,9H,2,8H2,1H3. The average Bonchev–Trinajstić information content (AvgIpc) is 2.91. The van der Waals surface area contributed by atoms with Crippen LogP contribution in [0.5, 0.6) is 5.75 Å². The number of nitro groups is 1. The minimum atomic E-state index is -0.541. The molecule has 0 radical (unpaired) electrons. The van der Waals surface area contributed by atoms with Gasteiger partial charge in [0.25, 0.3) is 0 Å². The van der Waals surface area contributed by atoms with Crippen LogP contribution < -0.4 is 4.74 Å². The molecule has 0 aliphatic rings. The Labute approximate surface area is 115 Å². The zero-order valence-corrected chi connectivity index (χ0v) is 10.9. The molecule has 0 bridgehead atoms. The monoisotopic (exact) mass is 275 g/mol. The summed E-state index contributed by atoms with van der Waals surface area (Å²) in [6, 6.07) is 4.00. The van der Waals surface area contributed by atoms with Crippen molar-refractivity contribution in [3.63, 3.8) is 0 Å². The Morgan fingerprint density at radius 3 is 2.95 bits per heavy atom. The summed E-state index contributed by atoms with van der Waals surface area (Å²) >= 11 is 0. The third-order valence-corrected chi connectivity index (χ3v) is 2.83. The van der Waals surface area contributed by atoms with Gasteiger partial charge >= 0.3 is 5.69 Å². The number of hydrogen-bond donors (Lipinski definition) is 0. The van der Waals surface area contributed by atoms with Crippen molar-refractivity contribution < 1.29 is 14.5 Å². The summed E-state index contributed by atoms with van der Waals surface area (Å²) in [5.74, 6) is 0.0726. The fourth-order valence-corrected chi connectivity index (χ4v) is 1.78. The van der Waals surface area contributed by atoms with Crippen LogP contribution in [0, 0.1) is 10.1 Å². The van der Waals surface area contributed by atoms with E-state index in [1.54, 1.807) is 12.5 Å². The van der Waals surface area contributed by atoms with Crippen molar-refractivity contribution in [3.05, 3.63) is 52.1 Å². The predicted molar refractivity (Wildman–Crippen MR) is 70.7 cm³/mol. The van der Waals surface area contributed by atoms with Crippen LogP contribution in [0.25, 0.3) is 0 Å². The van der Waals surface area contributed by atoms with Crippen LogP contribution in [-0.2, 0) is 13.2 Å². The van der Waals surface area contributed by atoms with Crippen molar-refractivity contribution in [2.45, 2.75) is 20.1 Å². The Morgan fingerprint density at radius 2 is 2.30 bits per heavy atom. The Kier molecular flexibility index (Phi) is 4.09. The molecule has 0 N–H and O–H groups in total. The summed E-state index contributed by atoms with van der Waals surface area (Å²) in [6.07, 6.45) is 3.92. The van der Waals surface area contributed by atoms with Crippen LogP contribution in [0.15, 0.2) is 30.7 Å². The number of aryl methyl sites for hydroxylation is 1. The second-order valence-electron chi connectivity index (χ2n) is 4.06. The normalized spacial score (nSPS) is 10.2. The van der Waals surface area contributed by atoms with E-state index in [1.165, 1.54) is 18.2 Å². The molecule has 0 aliphatic carbocycles. The van der Waals surface area contributed by atoms with Crippen molar-refractivity contribution >= 4 is 12.0 Å². The van der Waals surface area contributed by atoms with Gasteiger partial charge in [0, 0.05) is 18.2 Å². The highest BCUT2D eigenvalue weighted by molar-refractivity contribution is 5.76. The van der Waals surface area contributed by atoms with Gasteiger partial charge in [-0.2, -0.15) is 0 Å². The van der Waals surface area contributed by atoms with Crippen LogP contribution in [0.2, 0.25) is 0 Å². The molecule has 0 atom stereocenters. The number of aromatic nitrogens is 2. The maximum atomic E-state index is 10.9. The minimum Gasteiger partial charge on any atom is -0.480 e. The van der Waals surface area contributed by atoms with Crippen molar-refractivity contribution in [3.8, 4) is 5.75 Å². The molecule has 1 heterocycles. The smallest absolute Gasteiger partial charge is 0.310 e. The third kappa shape index (κ3) is 2.82. The number of ether oxygens (including phenoxy) is 1. The van der Waals surface area contributed by atoms with E-state index in [2.05, 4.69) is 4.98 Å². The number of rotatable bonds is 6. The van der Waals surface area contributed by atoms with Crippen molar-refractivity contribution in [2.24, 2.45) is 0 Å². The zero-order valence-electron chi connectivity index (χ0n) is 10.9. The molecule has 0 saturated heterocycles. The third-order valence-electron chi connectivity index (χ3n) is 2.83. The van der Waals surface area contributed by atoms with Gasteiger partial charge in [-0.3, -0.25) is 14.9 Å². The summed E-state index contributed by atoms with van der Waals surface area (Å²) in [5, 5.41) is 10.9. The van der Waals surface area contributed by atoms with Gasteiger partial charge in [-0.1, -0.05) is 0 Å². The second-order valence-corrected chi connectivity index (χ2v) is 4.06. The Balaban J connectivity index is 2.23. The van der Waals surface area contributed by atoms with Crippen LogP contribution in [0.4, 0.5) is 5.69 Å². The topological polar surface area (TPSA) is 87.3 Å². The first-order valence-electron chi connectivity index (χ1n) is 6.01. The average molecular weight is 275 g/mol. The zero-order chi connectivity index (χ0) is 14.5. The molecule has 7 heteroatoms. The van der Waals surface area contributed by atoms with Crippen molar-refractivity contribution in [2.75, 3.05) is 0 Å². The van der Waals surface area contributed by atoms with E-state index in [1.807, 2.05) is 11.5 Å². The quantitative estimate of drug-likeness (QED) is 0.458. The fraction of sp³-hybridized carbons (Fsp3) is 0.231. The van der Waals surface area contributed by atoms with E-state index < -0.39 is 4.92 Å². The molecular weight excluding hydrogens is 262 g/mol. The highest BCUT2D eigenvalue weighted by Gasteiger charge is 2.16. The predicted octanol–water partition coefficient (Wildman–Crippen LogP) is 2.20. The summed E-state index contributed by atoms with van der Waals surface area (Å²) in [6.45, 7) is 2.84. The van der Waals surface area contributed by atoms with Gasteiger partial charge in [0.2, 0.25) is 0 Å². The number of hydrogen-bond acceptors (Lipinski definition) is 5. The lowest BCUT2D eigenvalue weighted by atomic mass is 10.2. The van der Waals surface area contributed by atoms with E-state index in [0.717, 1.165) is 12.2 Å². The molecule has 0 unspecified atom stereocenters. The molecule has 2 rings (SSSR count). The largest absolute Gasteiger partial charge is 0.480 e. The number of aldehydes is 1. The van der Waals surface area contributed by atoms with Crippen LogP contribution >= 0.6 is 0 Å². The summed E-state index contributed by atoms with van der Waals surface area (Å²) in [7, 11) is 0. The maximum Gasteiger partial charge on any atom is 0.310 e. The van der Waals surface area contributed by atoms with E-state index in [0.29, 0.717) is 11.8 Å². The molecule has 1 aromatic carbocycles. The van der Waals surface area contributed by atoms with Gasteiger partial charge in [-0.15, -0.1) is 0 Å². The van der Waals surface area contributed by atoms with Gasteiger partial charge in [-0.25, -0.2) is 4.98 Å². The molecule has 104 valence electrons. The Hall–Kier alpha value is -2.70. The molecule has 1 aromatic heterocycles. The van der Waals surface area contributed by atoms with Crippen LogP contribution in [-0.4, -0.2) is 20.8 Å². The van der Waals surface area contributed by atoms with Crippen molar-refractivity contribution in [1.29, 1.82) is 0 Å². The molecule has 0 spiro atoms. The number of carbonyl (C=O) groups is 1. The first-order chi connectivity index (χ1) is 9.65. The first kappa shape index (κ1) is 13.7. The minimum absolute atomic E-state index is 0.0726. The number of benzene rings is 1. The van der Waals surface area contributed by atoms with Gasteiger partial charge in [0.15, 0.2) is 5.75 Å². The molecule has 7 nitrogen and oxygen atoms in total. The molecule has 0 amide bonds. The molecule has 0 fully saturated rings. The van der Waals surface area contributed by atoms with E-state index in [4.69, 9.17) is 4.74 Å². The summed E-state index contributed by atoms with van der Waals surface area (Å²) < 4.78 is 7.34. The number of imidazole rings is 1. The molecule has 2 aromatic rings. The van der Waals surface area contributed by atoms with Gasteiger partial charge in [0.1, 0.15) is 12.9 Å². The first-order valence-corrected chi connectivity index (χ1v) is 6.01. The van der Waals surface area contributed by atoms with Gasteiger partial charge in [-0.05, 0) is 19.1 Å². The van der Waals surface area contributed by atoms with E-state index >= 15 is 0 Å². The van der Waals surface area contributed by atoms with E-state index in [-0.39, 0.29) is 18.0 Å². The Bertz CT molecular complexity index is 636. The Morgan fingerprint density at radius 1 is 1.50 bits per heavy atom. The number of carbonyl (C=O) groups excluding carboxylic acids is 1. The SMILES string of the molecule is CCn1cncc1COc1cc(C=O)ccc1[N+](=O)[O-]. The van der Waals surface area contributed by atoms with Crippen molar-refractivity contribution in [1.82, 2.24) is 9.55 Å². The summed E-state index contributed by atoms with van der Waals surface area (Å²) in [5.41, 5.74) is 0.964. The van der Waals surface area contributed by atoms with Crippen LogP contribution in [0.1, 0.15) is 23.0 Å². The lowest BCUT2D eigenvalue weighted by molar-refractivity contribution is -0.386. The van der Waals surface area contributed by atoms with E-state index in [9.17, 15) is 14.9 Å². The van der Waals surface area contributed by atoms with Crippen LogP contribution in [0.3, 0.4) is 0 Å². The number of nitrogens with zero attached hydrogens (tertiary/aromatic N) is 3. The van der Waals surface area contributed by atoms with Gasteiger partial charge in [0.05, 0.1) is 23.1 Å². The van der Waals surface area contributed by atoms with Gasteiger partial charge < -0.3 is 9.30 Å². The lowest BCUT2D eigenvalue weighted by Crippen LogP contribution is -2.05. The lowest BCUT2D eigenvalue weighted by Gasteiger charge is -2.08. The number of nitro benzene ring substituents is 1. The molecular formula is C13H13N3O4. The summed E-state index contributed by atoms with van der Waals surface area (Å²) in [4.78, 5) is 25.1. The molecule has 20 heavy (non-hydrogen) atoms.